The Labute approximate surface area is 152 Å². The molecule has 3 rings (SSSR count). The van der Waals surface area contributed by atoms with Gasteiger partial charge >= 0.3 is 0 Å². The summed E-state index contributed by atoms with van der Waals surface area (Å²) in [7, 11) is 0. The summed E-state index contributed by atoms with van der Waals surface area (Å²) in [5, 5.41) is 0. The van der Waals surface area contributed by atoms with Crippen molar-refractivity contribution in [3.8, 4) is 22.8 Å². The highest BCUT2D eigenvalue weighted by molar-refractivity contribution is 5.61. The molecule has 128 valence electrons. The first-order chi connectivity index (χ1) is 12.8. The fraction of sp³-hybridized carbons (Fsp3) is 0.0455. The van der Waals surface area contributed by atoms with Crippen LogP contribution in [0.3, 0.4) is 0 Å². The van der Waals surface area contributed by atoms with Crippen LogP contribution in [0.15, 0.2) is 91.6 Å². The van der Waals surface area contributed by atoms with Gasteiger partial charge in [-0.15, -0.1) is 0 Å². The molecule has 0 spiro atoms. The standard InChI is InChI=1S/C22H18FN3/c1-2-3-4-5-9-16-20-24-21(17-12-7-6-8-13-17)26-22(25-20)18-14-10-11-15-19(18)23/h2-15H,1,16H2/b4-3-,9-5-. The van der Waals surface area contributed by atoms with E-state index in [0.29, 0.717) is 29.5 Å². The Kier molecular flexibility index (Phi) is 5.78. The lowest BCUT2D eigenvalue weighted by Crippen LogP contribution is -2.03. The Hall–Kier alpha value is -3.40. The lowest BCUT2D eigenvalue weighted by atomic mass is 10.1. The van der Waals surface area contributed by atoms with Crippen molar-refractivity contribution in [3.05, 3.63) is 103 Å². The summed E-state index contributed by atoms with van der Waals surface area (Å²) in [6.07, 6.45) is 9.78. The Morgan fingerprint density at radius 2 is 1.54 bits per heavy atom. The molecule has 26 heavy (non-hydrogen) atoms. The van der Waals surface area contributed by atoms with Gasteiger partial charge in [-0.25, -0.2) is 19.3 Å². The Morgan fingerprint density at radius 3 is 2.31 bits per heavy atom. The van der Waals surface area contributed by atoms with Gasteiger partial charge in [-0.05, 0) is 12.1 Å². The van der Waals surface area contributed by atoms with E-state index >= 15 is 0 Å². The second-order valence-corrected chi connectivity index (χ2v) is 5.50. The van der Waals surface area contributed by atoms with Crippen LogP contribution in [0.25, 0.3) is 22.8 Å². The van der Waals surface area contributed by atoms with Crippen LogP contribution in [-0.4, -0.2) is 15.0 Å². The average Bonchev–Trinajstić information content (AvgIpc) is 2.69. The molecule has 0 aliphatic heterocycles. The summed E-state index contributed by atoms with van der Waals surface area (Å²) in [6.45, 7) is 3.63. The normalized spacial score (nSPS) is 11.3. The monoisotopic (exact) mass is 343 g/mol. The third-order valence-electron chi connectivity index (χ3n) is 3.62. The molecular weight excluding hydrogens is 325 g/mol. The minimum absolute atomic E-state index is 0.335. The Bertz CT molecular complexity index is 947. The molecule has 1 aromatic heterocycles. The van der Waals surface area contributed by atoms with Crippen LogP contribution in [0, 0.1) is 5.82 Å². The highest BCUT2D eigenvalue weighted by atomic mass is 19.1. The van der Waals surface area contributed by atoms with E-state index in [1.807, 2.05) is 54.6 Å². The number of benzene rings is 2. The molecule has 3 nitrogen and oxygen atoms in total. The molecule has 1 heterocycles. The van der Waals surface area contributed by atoms with E-state index in [1.54, 1.807) is 24.3 Å². The van der Waals surface area contributed by atoms with Crippen molar-refractivity contribution in [2.75, 3.05) is 0 Å². The molecule has 0 N–H and O–H groups in total. The smallest absolute Gasteiger partial charge is 0.166 e. The predicted octanol–water partition coefficient (Wildman–Crippen LogP) is 5.19. The van der Waals surface area contributed by atoms with Gasteiger partial charge in [0.05, 0.1) is 5.56 Å². The number of aromatic nitrogens is 3. The van der Waals surface area contributed by atoms with Crippen molar-refractivity contribution in [2.24, 2.45) is 0 Å². The molecule has 3 aromatic rings. The van der Waals surface area contributed by atoms with Crippen LogP contribution in [0.2, 0.25) is 0 Å². The second kappa shape index (κ2) is 8.62. The third kappa shape index (κ3) is 4.36. The Morgan fingerprint density at radius 1 is 0.808 bits per heavy atom. The van der Waals surface area contributed by atoms with Crippen LogP contribution in [0.1, 0.15) is 5.82 Å². The molecule has 2 aromatic carbocycles. The summed E-state index contributed by atoms with van der Waals surface area (Å²) in [5.41, 5.74) is 1.23. The van der Waals surface area contributed by atoms with Crippen LogP contribution in [-0.2, 0) is 6.42 Å². The zero-order chi connectivity index (χ0) is 18.2. The highest BCUT2D eigenvalue weighted by Gasteiger charge is 2.12. The third-order valence-corrected chi connectivity index (χ3v) is 3.62. The molecule has 0 aliphatic rings. The molecule has 0 aliphatic carbocycles. The fourth-order valence-electron chi connectivity index (χ4n) is 2.39. The van der Waals surface area contributed by atoms with Crippen molar-refractivity contribution in [1.29, 1.82) is 0 Å². The lowest BCUT2D eigenvalue weighted by molar-refractivity contribution is 0.629. The van der Waals surface area contributed by atoms with E-state index in [0.717, 1.165) is 5.56 Å². The highest BCUT2D eigenvalue weighted by Crippen LogP contribution is 2.22. The minimum Gasteiger partial charge on any atom is -0.213 e. The first-order valence-corrected chi connectivity index (χ1v) is 8.27. The van der Waals surface area contributed by atoms with Gasteiger partial charge < -0.3 is 0 Å². The SMILES string of the molecule is C=C/C=C\C=C/Cc1nc(-c2ccccc2)nc(-c2ccccc2F)n1. The quantitative estimate of drug-likeness (QED) is 0.579. The average molecular weight is 343 g/mol. The van der Waals surface area contributed by atoms with E-state index in [1.165, 1.54) is 6.07 Å². The summed E-state index contributed by atoms with van der Waals surface area (Å²) in [5.74, 6) is 1.10. The van der Waals surface area contributed by atoms with Crippen LogP contribution >= 0.6 is 0 Å². The van der Waals surface area contributed by atoms with Crippen molar-refractivity contribution < 1.29 is 4.39 Å². The summed E-state index contributed by atoms with van der Waals surface area (Å²) in [4.78, 5) is 13.5. The van der Waals surface area contributed by atoms with Crippen molar-refractivity contribution in [3.63, 3.8) is 0 Å². The second-order valence-electron chi connectivity index (χ2n) is 5.50. The first-order valence-electron chi connectivity index (χ1n) is 8.27. The van der Waals surface area contributed by atoms with Crippen LogP contribution < -0.4 is 0 Å². The number of nitrogens with zero attached hydrogens (tertiary/aromatic N) is 3. The summed E-state index contributed by atoms with van der Waals surface area (Å²) >= 11 is 0. The molecule has 0 saturated carbocycles. The molecular formula is C22H18FN3. The first kappa shape index (κ1) is 17.4. The van der Waals surface area contributed by atoms with Gasteiger partial charge in [0, 0.05) is 12.0 Å². The van der Waals surface area contributed by atoms with Gasteiger partial charge in [0.15, 0.2) is 11.6 Å². The van der Waals surface area contributed by atoms with Gasteiger partial charge in [0.1, 0.15) is 11.6 Å². The maximum absolute atomic E-state index is 14.2. The molecule has 0 unspecified atom stereocenters. The van der Waals surface area contributed by atoms with E-state index in [4.69, 9.17) is 0 Å². The number of rotatable bonds is 6. The van der Waals surface area contributed by atoms with Crippen molar-refractivity contribution >= 4 is 0 Å². The van der Waals surface area contributed by atoms with E-state index in [-0.39, 0.29) is 5.82 Å². The summed E-state index contributed by atoms with van der Waals surface area (Å²) < 4.78 is 14.2. The molecule has 0 bridgehead atoms. The minimum atomic E-state index is -0.354. The molecule has 0 fully saturated rings. The molecule has 0 radical (unpaired) electrons. The molecule has 0 atom stereocenters. The Balaban J connectivity index is 2.02. The van der Waals surface area contributed by atoms with Gasteiger partial charge in [0.2, 0.25) is 0 Å². The van der Waals surface area contributed by atoms with Gasteiger partial charge in [-0.1, -0.05) is 79.4 Å². The molecule has 0 saturated heterocycles. The molecule has 4 heteroatoms. The summed E-state index contributed by atoms with van der Waals surface area (Å²) in [6, 6.07) is 16.1. The number of hydrogen-bond acceptors (Lipinski definition) is 3. The van der Waals surface area contributed by atoms with Crippen LogP contribution in [0.4, 0.5) is 4.39 Å². The maximum atomic E-state index is 14.2. The number of hydrogen-bond donors (Lipinski definition) is 0. The van der Waals surface area contributed by atoms with Crippen molar-refractivity contribution in [2.45, 2.75) is 6.42 Å². The lowest BCUT2D eigenvalue weighted by Gasteiger charge is -2.07. The predicted molar refractivity (Wildman–Crippen MR) is 103 cm³/mol. The van der Waals surface area contributed by atoms with E-state index < -0.39 is 0 Å². The zero-order valence-electron chi connectivity index (χ0n) is 14.2. The van der Waals surface area contributed by atoms with Gasteiger partial charge in [0.25, 0.3) is 0 Å². The maximum Gasteiger partial charge on any atom is 0.166 e. The number of allylic oxidation sites excluding steroid dienone is 5. The largest absolute Gasteiger partial charge is 0.213 e. The zero-order valence-corrected chi connectivity index (χ0v) is 14.2. The fourth-order valence-corrected chi connectivity index (χ4v) is 2.39. The van der Waals surface area contributed by atoms with E-state index in [2.05, 4.69) is 21.5 Å². The van der Waals surface area contributed by atoms with Gasteiger partial charge in [-0.3, -0.25) is 0 Å². The molecule has 0 amide bonds. The van der Waals surface area contributed by atoms with Gasteiger partial charge in [-0.2, -0.15) is 0 Å². The van der Waals surface area contributed by atoms with Crippen molar-refractivity contribution in [1.82, 2.24) is 15.0 Å². The van der Waals surface area contributed by atoms with E-state index in [9.17, 15) is 4.39 Å². The van der Waals surface area contributed by atoms with Crippen LogP contribution in [0.5, 0.6) is 0 Å². The number of halogens is 1. The topological polar surface area (TPSA) is 38.7 Å².